The van der Waals surface area contributed by atoms with Crippen molar-refractivity contribution in [1.29, 1.82) is 0 Å². The third kappa shape index (κ3) is 3.45. The van der Waals surface area contributed by atoms with Gasteiger partial charge in [-0.2, -0.15) is 0 Å². The summed E-state index contributed by atoms with van der Waals surface area (Å²) in [6.07, 6.45) is 1.07. The summed E-state index contributed by atoms with van der Waals surface area (Å²) in [5, 5.41) is 22.2. The zero-order chi connectivity index (χ0) is 14.5. The Morgan fingerprint density at radius 2 is 1.90 bits per heavy atom. The van der Waals surface area contributed by atoms with E-state index in [0.29, 0.717) is 17.9 Å². The number of phenols is 2. The van der Waals surface area contributed by atoms with Crippen LogP contribution in [0.5, 0.6) is 11.5 Å². The lowest BCUT2D eigenvalue weighted by molar-refractivity contribution is 0.404. The van der Waals surface area contributed by atoms with Gasteiger partial charge in [0, 0.05) is 17.8 Å². The van der Waals surface area contributed by atoms with E-state index in [1.807, 2.05) is 13.0 Å². The van der Waals surface area contributed by atoms with Gasteiger partial charge in [0.25, 0.3) is 0 Å². The van der Waals surface area contributed by atoms with Crippen molar-refractivity contribution >= 4 is 0 Å². The number of phenolic OH excluding ortho intramolecular Hbond substituents is 2. The van der Waals surface area contributed by atoms with Crippen molar-refractivity contribution in [2.45, 2.75) is 26.8 Å². The number of aromatic nitrogens is 2. The van der Waals surface area contributed by atoms with Crippen molar-refractivity contribution in [1.82, 2.24) is 15.3 Å². The van der Waals surface area contributed by atoms with Gasteiger partial charge in [0.1, 0.15) is 0 Å². The standard InChI is InChI=1S/C15H19N3O2/c1-3-6-16-9-12-7-10(2)17-15(18-12)11-4-5-13(19)14(20)8-11/h4-5,7-8,16,19-20H,3,6,9H2,1-2H3. The molecular formula is C15H19N3O2. The minimum atomic E-state index is -0.168. The number of hydrogen-bond donors (Lipinski definition) is 3. The highest BCUT2D eigenvalue weighted by atomic mass is 16.3. The summed E-state index contributed by atoms with van der Waals surface area (Å²) in [6, 6.07) is 6.53. The molecule has 0 aliphatic heterocycles. The van der Waals surface area contributed by atoms with Crippen molar-refractivity contribution in [3.63, 3.8) is 0 Å². The van der Waals surface area contributed by atoms with Crippen LogP contribution >= 0.6 is 0 Å². The molecular weight excluding hydrogens is 254 g/mol. The lowest BCUT2D eigenvalue weighted by Gasteiger charge is -2.08. The molecule has 3 N–H and O–H groups in total. The van der Waals surface area contributed by atoms with Crippen LogP contribution in [-0.2, 0) is 6.54 Å². The summed E-state index contributed by atoms with van der Waals surface area (Å²) in [5.74, 6) is 0.234. The van der Waals surface area contributed by atoms with Gasteiger partial charge < -0.3 is 15.5 Å². The lowest BCUT2D eigenvalue weighted by atomic mass is 10.1. The van der Waals surface area contributed by atoms with Gasteiger partial charge >= 0.3 is 0 Å². The molecule has 0 unspecified atom stereocenters. The number of benzene rings is 1. The molecule has 20 heavy (non-hydrogen) atoms. The van der Waals surface area contributed by atoms with E-state index < -0.39 is 0 Å². The molecule has 0 saturated carbocycles. The second kappa shape index (κ2) is 6.34. The fourth-order valence-electron chi connectivity index (χ4n) is 1.91. The van der Waals surface area contributed by atoms with Gasteiger partial charge in [-0.3, -0.25) is 0 Å². The summed E-state index contributed by atoms with van der Waals surface area (Å²) in [4.78, 5) is 8.85. The Morgan fingerprint density at radius 3 is 2.60 bits per heavy atom. The van der Waals surface area contributed by atoms with Crippen molar-refractivity contribution in [3.05, 3.63) is 35.7 Å². The second-order valence-corrected chi connectivity index (χ2v) is 4.70. The monoisotopic (exact) mass is 273 g/mol. The van der Waals surface area contributed by atoms with Crippen LogP contribution in [0.2, 0.25) is 0 Å². The minimum absolute atomic E-state index is 0.147. The zero-order valence-corrected chi connectivity index (χ0v) is 11.7. The third-order valence-corrected chi connectivity index (χ3v) is 2.87. The molecule has 0 spiro atoms. The van der Waals surface area contributed by atoms with Crippen molar-refractivity contribution < 1.29 is 10.2 Å². The highest BCUT2D eigenvalue weighted by Crippen LogP contribution is 2.29. The Bertz CT molecular complexity index is 600. The van der Waals surface area contributed by atoms with Crippen molar-refractivity contribution in [2.75, 3.05) is 6.54 Å². The van der Waals surface area contributed by atoms with E-state index >= 15 is 0 Å². The van der Waals surface area contributed by atoms with Crippen LogP contribution < -0.4 is 5.32 Å². The summed E-state index contributed by atoms with van der Waals surface area (Å²) in [6.45, 7) is 5.66. The minimum Gasteiger partial charge on any atom is -0.504 e. The fourth-order valence-corrected chi connectivity index (χ4v) is 1.91. The number of nitrogens with zero attached hydrogens (tertiary/aromatic N) is 2. The molecule has 0 aliphatic rings. The van der Waals surface area contributed by atoms with E-state index in [4.69, 9.17) is 0 Å². The molecule has 0 saturated heterocycles. The molecule has 0 radical (unpaired) electrons. The van der Waals surface area contributed by atoms with Crippen LogP contribution in [0.4, 0.5) is 0 Å². The van der Waals surface area contributed by atoms with E-state index in [0.717, 1.165) is 24.4 Å². The molecule has 1 aromatic carbocycles. The maximum Gasteiger partial charge on any atom is 0.159 e. The summed E-state index contributed by atoms with van der Waals surface area (Å²) < 4.78 is 0. The molecule has 2 rings (SSSR count). The Hall–Kier alpha value is -2.14. The van der Waals surface area contributed by atoms with Crippen LogP contribution in [0.1, 0.15) is 24.7 Å². The van der Waals surface area contributed by atoms with Gasteiger partial charge in [-0.1, -0.05) is 6.92 Å². The van der Waals surface area contributed by atoms with Crippen LogP contribution in [0.3, 0.4) is 0 Å². The van der Waals surface area contributed by atoms with Crippen LogP contribution in [0.25, 0.3) is 11.4 Å². The zero-order valence-electron chi connectivity index (χ0n) is 11.7. The van der Waals surface area contributed by atoms with Crippen LogP contribution in [0, 0.1) is 6.92 Å². The first-order chi connectivity index (χ1) is 9.60. The topological polar surface area (TPSA) is 78.3 Å². The molecule has 2 aromatic rings. The van der Waals surface area contributed by atoms with Crippen LogP contribution in [-0.4, -0.2) is 26.7 Å². The SMILES string of the molecule is CCCNCc1cc(C)nc(-c2ccc(O)c(O)c2)n1. The first kappa shape index (κ1) is 14.3. The van der Waals surface area contributed by atoms with Gasteiger partial charge in [0.2, 0.25) is 0 Å². The molecule has 0 bridgehead atoms. The highest BCUT2D eigenvalue weighted by molar-refractivity contribution is 5.60. The van der Waals surface area contributed by atoms with E-state index in [1.54, 1.807) is 6.07 Å². The van der Waals surface area contributed by atoms with Gasteiger partial charge in [-0.05, 0) is 44.2 Å². The van der Waals surface area contributed by atoms with E-state index in [-0.39, 0.29) is 11.5 Å². The number of aryl methyl sites for hydroxylation is 1. The number of hydrogen-bond acceptors (Lipinski definition) is 5. The highest BCUT2D eigenvalue weighted by Gasteiger charge is 2.08. The first-order valence-electron chi connectivity index (χ1n) is 6.67. The Morgan fingerprint density at radius 1 is 1.10 bits per heavy atom. The van der Waals surface area contributed by atoms with Gasteiger partial charge in [0.15, 0.2) is 17.3 Å². The number of aromatic hydroxyl groups is 2. The average Bonchev–Trinajstić information content (AvgIpc) is 2.41. The van der Waals surface area contributed by atoms with E-state index in [1.165, 1.54) is 12.1 Å². The molecule has 0 fully saturated rings. The van der Waals surface area contributed by atoms with Crippen molar-refractivity contribution in [2.24, 2.45) is 0 Å². The van der Waals surface area contributed by atoms with Crippen molar-refractivity contribution in [3.8, 4) is 22.9 Å². The Labute approximate surface area is 118 Å². The summed E-state index contributed by atoms with van der Waals surface area (Å²) in [7, 11) is 0. The molecule has 0 aliphatic carbocycles. The molecule has 0 atom stereocenters. The van der Waals surface area contributed by atoms with E-state index in [9.17, 15) is 10.2 Å². The van der Waals surface area contributed by atoms with Gasteiger partial charge in [-0.15, -0.1) is 0 Å². The lowest BCUT2D eigenvalue weighted by Crippen LogP contribution is -2.15. The molecule has 106 valence electrons. The Kier molecular flexibility index (Phi) is 4.53. The van der Waals surface area contributed by atoms with E-state index in [2.05, 4.69) is 22.2 Å². The van der Waals surface area contributed by atoms with Gasteiger partial charge in [0.05, 0.1) is 5.69 Å². The molecule has 5 nitrogen and oxygen atoms in total. The first-order valence-corrected chi connectivity index (χ1v) is 6.67. The smallest absolute Gasteiger partial charge is 0.159 e. The number of nitrogens with one attached hydrogen (secondary N) is 1. The average molecular weight is 273 g/mol. The third-order valence-electron chi connectivity index (χ3n) is 2.87. The summed E-state index contributed by atoms with van der Waals surface area (Å²) >= 11 is 0. The largest absolute Gasteiger partial charge is 0.504 e. The maximum absolute atomic E-state index is 9.56. The molecule has 1 heterocycles. The van der Waals surface area contributed by atoms with Gasteiger partial charge in [-0.25, -0.2) is 9.97 Å². The fraction of sp³-hybridized carbons (Fsp3) is 0.333. The second-order valence-electron chi connectivity index (χ2n) is 4.70. The molecule has 5 heteroatoms. The quantitative estimate of drug-likeness (QED) is 0.576. The summed E-state index contributed by atoms with van der Waals surface area (Å²) in [5.41, 5.74) is 2.46. The maximum atomic E-state index is 9.56. The molecule has 1 aromatic heterocycles. The van der Waals surface area contributed by atoms with Crippen LogP contribution in [0.15, 0.2) is 24.3 Å². The predicted molar refractivity (Wildman–Crippen MR) is 77.5 cm³/mol. The molecule has 0 amide bonds. The predicted octanol–water partition coefficient (Wildman–Crippen LogP) is 2.36. The number of rotatable bonds is 5. The Balaban J connectivity index is 2.28. The normalized spacial score (nSPS) is 10.7.